The third-order valence-electron chi connectivity index (χ3n) is 4.12. The van der Waals surface area contributed by atoms with E-state index in [1.807, 2.05) is 13.8 Å². The van der Waals surface area contributed by atoms with Gasteiger partial charge in [0.1, 0.15) is 5.82 Å². The third-order valence-corrected chi connectivity index (χ3v) is 4.12. The van der Waals surface area contributed by atoms with Crippen LogP contribution in [0.4, 0.5) is 14.6 Å². The topological polar surface area (TPSA) is 103 Å². The van der Waals surface area contributed by atoms with Gasteiger partial charge in [0, 0.05) is 17.2 Å². The van der Waals surface area contributed by atoms with Crippen LogP contribution in [0, 0.1) is 0 Å². The van der Waals surface area contributed by atoms with Crippen molar-refractivity contribution in [3.63, 3.8) is 0 Å². The van der Waals surface area contributed by atoms with Crippen LogP contribution in [0.25, 0.3) is 11.3 Å². The van der Waals surface area contributed by atoms with Crippen molar-refractivity contribution in [2.45, 2.75) is 26.0 Å². The van der Waals surface area contributed by atoms with Crippen molar-refractivity contribution in [2.24, 2.45) is 5.73 Å². The highest BCUT2D eigenvalue weighted by Crippen LogP contribution is 2.26. The van der Waals surface area contributed by atoms with E-state index < -0.39 is 18.1 Å². The minimum absolute atomic E-state index is 0.164. The summed E-state index contributed by atoms with van der Waals surface area (Å²) in [6, 6.07) is 14.9. The Balaban J connectivity index is 1.78. The average Bonchev–Trinajstić information content (AvgIpc) is 2.68. The Morgan fingerprint density at radius 1 is 1.10 bits per heavy atom. The molecular weight excluding hydrogens is 380 g/mol. The van der Waals surface area contributed by atoms with Gasteiger partial charge in [-0.1, -0.05) is 18.2 Å². The molecule has 1 aromatic carbocycles. The minimum atomic E-state index is -2.94. The monoisotopic (exact) mass is 399 g/mol. The largest absolute Gasteiger partial charge is 0.417 e. The summed E-state index contributed by atoms with van der Waals surface area (Å²) in [5, 5.41) is 11.5. The summed E-state index contributed by atoms with van der Waals surface area (Å²) < 4.78 is 29.2. The first-order chi connectivity index (χ1) is 13.7. The van der Waals surface area contributed by atoms with Crippen LogP contribution in [-0.2, 0) is 5.54 Å². The fraction of sp³-hybridized carbons (Fsp3) is 0.200. The number of halogens is 2. The number of pyridine rings is 1. The molecule has 0 unspecified atom stereocenters. The Morgan fingerprint density at radius 3 is 2.52 bits per heavy atom. The number of amides is 1. The van der Waals surface area contributed by atoms with Gasteiger partial charge in [0.25, 0.3) is 0 Å². The maximum atomic E-state index is 12.4. The van der Waals surface area contributed by atoms with Crippen LogP contribution >= 0.6 is 0 Å². The Morgan fingerprint density at radius 2 is 1.86 bits per heavy atom. The van der Waals surface area contributed by atoms with Crippen molar-refractivity contribution < 1.29 is 18.3 Å². The molecule has 0 radical (unpaired) electrons. The molecule has 0 bridgehead atoms. The number of aromatic nitrogens is 3. The molecular formula is C20H19F2N5O2. The number of hydrogen-bond donors (Lipinski definition) is 2. The summed E-state index contributed by atoms with van der Waals surface area (Å²) >= 11 is 0. The first kappa shape index (κ1) is 20.1. The smallest absolute Gasteiger partial charge is 0.388 e. The molecule has 3 aromatic rings. The predicted octanol–water partition coefficient (Wildman–Crippen LogP) is 3.59. The molecule has 0 saturated carbocycles. The molecule has 2 aromatic heterocycles. The average molecular weight is 399 g/mol. The van der Waals surface area contributed by atoms with Crippen LogP contribution in [0.2, 0.25) is 0 Å². The van der Waals surface area contributed by atoms with Crippen LogP contribution in [-0.4, -0.2) is 27.7 Å². The molecule has 3 rings (SSSR count). The number of anilines is 1. The van der Waals surface area contributed by atoms with E-state index in [-0.39, 0.29) is 5.88 Å². The number of nitrogens with zero attached hydrogens (tertiary/aromatic N) is 3. The lowest BCUT2D eigenvalue weighted by molar-refractivity contribution is -0.0530. The molecule has 29 heavy (non-hydrogen) atoms. The number of benzene rings is 1. The zero-order chi connectivity index (χ0) is 21.0. The predicted molar refractivity (Wildman–Crippen MR) is 104 cm³/mol. The van der Waals surface area contributed by atoms with Crippen molar-refractivity contribution in [1.29, 1.82) is 0 Å². The molecule has 7 nitrogen and oxygen atoms in total. The van der Waals surface area contributed by atoms with Crippen molar-refractivity contribution in [3.05, 3.63) is 65.9 Å². The first-order valence-corrected chi connectivity index (χ1v) is 8.69. The molecule has 0 atom stereocenters. The van der Waals surface area contributed by atoms with E-state index in [1.54, 1.807) is 48.5 Å². The number of alkyl halides is 2. The molecule has 150 valence electrons. The van der Waals surface area contributed by atoms with Crippen molar-refractivity contribution in [1.82, 2.24) is 15.2 Å². The number of ether oxygens (including phenoxy) is 1. The lowest BCUT2D eigenvalue weighted by atomic mass is 10.00. The van der Waals surface area contributed by atoms with E-state index in [2.05, 4.69) is 25.2 Å². The number of nitrogens with two attached hydrogens (primary N) is 1. The zero-order valence-electron chi connectivity index (χ0n) is 15.8. The normalized spacial score (nSPS) is 11.3. The molecule has 3 N–H and O–H groups in total. The van der Waals surface area contributed by atoms with Gasteiger partial charge in [0.15, 0.2) is 0 Å². The summed E-state index contributed by atoms with van der Waals surface area (Å²) in [4.78, 5) is 15.4. The van der Waals surface area contributed by atoms with Gasteiger partial charge < -0.3 is 15.8 Å². The van der Waals surface area contributed by atoms with Gasteiger partial charge >= 0.3 is 6.61 Å². The molecule has 0 aliphatic carbocycles. The molecule has 9 heteroatoms. The Labute approximate surface area is 165 Å². The van der Waals surface area contributed by atoms with Crippen molar-refractivity contribution in [3.8, 4) is 17.1 Å². The molecule has 2 heterocycles. The number of carbonyl (C=O) groups excluding carboxylic acids is 1. The standard InChI is InChI=1S/C20H19F2N5O2/c1-20(2,15-7-4-8-17(24-15)29-19(21)22)25-16-10-9-14(26-27-16)12-5-3-6-13(11-12)18(23)28/h3-11,19H,1-2H3,(H2,23,28)(H,25,27). The van der Waals surface area contributed by atoms with Crippen LogP contribution in [0.3, 0.4) is 0 Å². The lowest BCUT2D eigenvalue weighted by Gasteiger charge is -2.26. The summed E-state index contributed by atoms with van der Waals surface area (Å²) in [5.41, 5.74) is 6.73. The van der Waals surface area contributed by atoms with Crippen LogP contribution in [0.15, 0.2) is 54.6 Å². The SMILES string of the molecule is CC(C)(Nc1ccc(-c2cccc(C(N)=O)c2)nn1)c1cccc(OC(F)F)n1. The Bertz CT molecular complexity index is 1010. The molecule has 0 spiro atoms. The Kier molecular flexibility index (Phi) is 5.67. The summed E-state index contributed by atoms with van der Waals surface area (Å²) in [7, 11) is 0. The lowest BCUT2D eigenvalue weighted by Crippen LogP contribution is -2.30. The van der Waals surface area contributed by atoms with E-state index >= 15 is 0 Å². The second kappa shape index (κ2) is 8.17. The summed E-state index contributed by atoms with van der Waals surface area (Å²) in [5.74, 6) is -0.222. The Hall–Kier alpha value is -3.62. The van der Waals surface area contributed by atoms with Gasteiger partial charge in [-0.15, -0.1) is 10.2 Å². The maximum absolute atomic E-state index is 12.4. The quantitative estimate of drug-likeness (QED) is 0.629. The molecule has 0 aliphatic heterocycles. The molecule has 1 amide bonds. The summed E-state index contributed by atoms with van der Waals surface area (Å²) in [6.45, 7) is 0.709. The van der Waals surface area contributed by atoms with Crippen LogP contribution < -0.4 is 15.8 Å². The first-order valence-electron chi connectivity index (χ1n) is 8.69. The van der Waals surface area contributed by atoms with E-state index in [4.69, 9.17) is 5.73 Å². The van der Waals surface area contributed by atoms with Gasteiger partial charge in [-0.05, 0) is 44.2 Å². The third kappa shape index (κ3) is 5.01. The number of nitrogens with one attached hydrogen (secondary N) is 1. The highest BCUT2D eigenvalue weighted by Gasteiger charge is 2.23. The van der Waals surface area contributed by atoms with Gasteiger partial charge in [-0.2, -0.15) is 8.78 Å². The minimum Gasteiger partial charge on any atom is -0.417 e. The van der Waals surface area contributed by atoms with Crippen LogP contribution in [0.5, 0.6) is 5.88 Å². The number of hydrogen-bond acceptors (Lipinski definition) is 6. The van der Waals surface area contributed by atoms with E-state index in [1.165, 1.54) is 6.07 Å². The number of primary amides is 1. The maximum Gasteiger partial charge on any atom is 0.388 e. The van der Waals surface area contributed by atoms with Gasteiger partial charge in [-0.3, -0.25) is 4.79 Å². The van der Waals surface area contributed by atoms with Crippen molar-refractivity contribution in [2.75, 3.05) is 5.32 Å². The fourth-order valence-electron chi connectivity index (χ4n) is 2.69. The van der Waals surface area contributed by atoms with E-state index in [0.29, 0.717) is 28.3 Å². The van der Waals surface area contributed by atoms with E-state index in [9.17, 15) is 13.6 Å². The molecule has 0 aliphatic rings. The zero-order valence-corrected chi connectivity index (χ0v) is 15.8. The molecule has 0 saturated heterocycles. The molecule has 0 fully saturated rings. The summed E-state index contributed by atoms with van der Waals surface area (Å²) in [6.07, 6.45) is 0. The van der Waals surface area contributed by atoms with E-state index in [0.717, 1.165) is 0 Å². The second-order valence-corrected chi connectivity index (χ2v) is 6.74. The number of rotatable bonds is 7. The number of carbonyl (C=O) groups is 1. The van der Waals surface area contributed by atoms with Gasteiger partial charge in [-0.25, -0.2) is 4.98 Å². The van der Waals surface area contributed by atoms with Crippen LogP contribution in [0.1, 0.15) is 29.9 Å². The highest BCUT2D eigenvalue weighted by atomic mass is 19.3. The van der Waals surface area contributed by atoms with Gasteiger partial charge in [0.05, 0.1) is 16.9 Å². The highest BCUT2D eigenvalue weighted by molar-refractivity contribution is 5.93. The van der Waals surface area contributed by atoms with Gasteiger partial charge in [0.2, 0.25) is 11.8 Å². The fourth-order valence-corrected chi connectivity index (χ4v) is 2.69. The second-order valence-electron chi connectivity index (χ2n) is 6.74. The van der Waals surface area contributed by atoms with Crippen molar-refractivity contribution >= 4 is 11.7 Å².